The number of rotatable bonds is 4. The fraction of sp³-hybridized carbons (Fsp3) is 1.00. The Morgan fingerprint density at radius 2 is 2.14 bits per heavy atom. The van der Waals surface area contributed by atoms with Gasteiger partial charge in [0.15, 0.2) is 0 Å². The third kappa shape index (κ3) is 1.49. The summed E-state index contributed by atoms with van der Waals surface area (Å²) >= 11 is 0. The molecule has 0 radical (unpaired) electrons. The summed E-state index contributed by atoms with van der Waals surface area (Å²) in [7, 11) is 0. The van der Waals surface area contributed by atoms with Crippen molar-refractivity contribution in [2.24, 2.45) is 5.92 Å². The molecule has 0 saturated carbocycles. The van der Waals surface area contributed by atoms with E-state index in [1.54, 1.807) is 0 Å². The van der Waals surface area contributed by atoms with Gasteiger partial charge in [-0.1, -0.05) is 20.3 Å². The molecule has 0 spiro atoms. The minimum Gasteiger partial charge on any atom is -0.315 e. The van der Waals surface area contributed by atoms with Crippen molar-refractivity contribution < 1.29 is 0 Å². The zero-order valence-corrected chi connectivity index (χ0v) is 9.84. The van der Waals surface area contributed by atoms with Crippen LogP contribution in [0.3, 0.4) is 0 Å². The number of likely N-dealkylation sites (tertiary alicyclic amines) is 1. The smallest absolute Gasteiger partial charge is 0.0278 e. The molecule has 2 heteroatoms. The Morgan fingerprint density at radius 1 is 1.36 bits per heavy atom. The Labute approximate surface area is 88.1 Å². The molecule has 0 aromatic heterocycles. The van der Waals surface area contributed by atoms with E-state index in [9.17, 15) is 0 Å². The normalized spacial score (nSPS) is 36.2. The summed E-state index contributed by atoms with van der Waals surface area (Å²) in [5.41, 5.74) is 0.474. The van der Waals surface area contributed by atoms with Crippen LogP contribution in [-0.2, 0) is 0 Å². The second-order valence-electron chi connectivity index (χ2n) is 5.24. The van der Waals surface area contributed by atoms with Crippen LogP contribution in [0.1, 0.15) is 40.0 Å². The Balaban J connectivity index is 1.99. The van der Waals surface area contributed by atoms with Crippen LogP contribution in [0.2, 0.25) is 0 Å². The van der Waals surface area contributed by atoms with Crippen molar-refractivity contribution in [3.05, 3.63) is 0 Å². The quantitative estimate of drug-likeness (QED) is 0.738. The number of hydrogen-bond donors (Lipinski definition) is 1. The van der Waals surface area contributed by atoms with Gasteiger partial charge in [-0.25, -0.2) is 0 Å². The van der Waals surface area contributed by atoms with Crippen molar-refractivity contribution in [1.82, 2.24) is 10.2 Å². The van der Waals surface area contributed by atoms with E-state index in [2.05, 4.69) is 31.0 Å². The molecule has 3 atom stereocenters. The number of hydrogen-bond acceptors (Lipinski definition) is 2. The van der Waals surface area contributed by atoms with Crippen LogP contribution in [0.5, 0.6) is 0 Å². The van der Waals surface area contributed by atoms with E-state index < -0.39 is 0 Å². The van der Waals surface area contributed by atoms with E-state index in [4.69, 9.17) is 0 Å². The van der Waals surface area contributed by atoms with Gasteiger partial charge >= 0.3 is 0 Å². The molecule has 0 amide bonds. The molecule has 2 heterocycles. The molecule has 2 rings (SSSR count). The molecule has 2 nitrogen and oxygen atoms in total. The first-order valence-corrected chi connectivity index (χ1v) is 6.18. The van der Waals surface area contributed by atoms with Gasteiger partial charge in [-0.2, -0.15) is 0 Å². The molecule has 0 aliphatic carbocycles. The fourth-order valence-corrected chi connectivity index (χ4v) is 3.20. The number of fused-ring (bicyclic) bond motifs is 1. The number of nitrogens with zero attached hydrogens (tertiary/aromatic N) is 1. The molecule has 82 valence electrons. The van der Waals surface area contributed by atoms with Crippen LogP contribution in [0, 0.1) is 5.92 Å². The van der Waals surface area contributed by atoms with Gasteiger partial charge in [0, 0.05) is 37.1 Å². The van der Waals surface area contributed by atoms with Gasteiger partial charge < -0.3 is 5.32 Å². The summed E-state index contributed by atoms with van der Waals surface area (Å²) in [6.07, 6.45) is 3.96. The van der Waals surface area contributed by atoms with Crippen LogP contribution >= 0.6 is 0 Å². The summed E-state index contributed by atoms with van der Waals surface area (Å²) < 4.78 is 0. The highest BCUT2D eigenvalue weighted by molar-refractivity contribution is 5.05. The lowest BCUT2D eigenvalue weighted by atomic mass is 9.81. The van der Waals surface area contributed by atoms with Crippen LogP contribution < -0.4 is 5.32 Å². The lowest BCUT2D eigenvalue weighted by molar-refractivity contribution is -0.0510. The van der Waals surface area contributed by atoms with Crippen molar-refractivity contribution in [2.45, 2.75) is 51.6 Å². The zero-order chi connectivity index (χ0) is 10.2. The van der Waals surface area contributed by atoms with E-state index in [1.807, 2.05) is 0 Å². The third-order valence-corrected chi connectivity index (χ3v) is 4.38. The zero-order valence-electron chi connectivity index (χ0n) is 9.84. The predicted molar refractivity (Wildman–Crippen MR) is 60.5 cm³/mol. The van der Waals surface area contributed by atoms with Crippen LogP contribution in [0.25, 0.3) is 0 Å². The van der Waals surface area contributed by atoms with E-state index in [1.165, 1.54) is 38.9 Å². The molecule has 0 aromatic rings. The summed E-state index contributed by atoms with van der Waals surface area (Å²) in [6, 6.07) is 0.853. The molecule has 14 heavy (non-hydrogen) atoms. The molecule has 1 unspecified atom stereocenters. The average molecular weight is 196 g/mol. The summed E-state index contributed by atoms with van der Waals surface area (Å²) in [4.78, 5) is 2.75. The largest absolute Gasteiger partial charge is 0.315 e. The fourth-order valence-electron chi connectivity index (χ4n) is 3.20. The topological polar surface area (TPSA) is 15.3 Å². The monoisotopic (exact) mass is 196 g/mol. The molecular formula is C12H24N2. The maximum absolute atomic E-state index is 3.51. The van der Waals surface area contributed by atoms with Gasteiger partial charge in [0.25, 0.3) is 0 Å². The predicted octanol–water partition coefficient (Wildman–Crippen LogP) is 1.86. The molecule has 0 bridgehead atoms. The second-order valence-corrected chi connectivity index (χ2v) is 5.24. The maximum Gasteiger partial charge on any atom is 0.0278 e. The highest BCUT2D eigenvalue weighted by Crippen LogP contribution is 2.38. The first kappa shape index (κ1) is 10.4. The third-order valence-electron chi connectivity index (χ3n) is 4.38. The summed E-state index contributed by atoms with van der Waals surface area (Å²) in [5, 5.41) is 3.51. The van der Waals surface area contributed by atoms with Crippen molar-refractivity contribution in [2.75, 3.05) is 19.6 Å². The molecule has 0 aromatic carbocycles. The highest BCUT2D eigenvalue weighted by Gasteiger charge is 2.48. The van der Waals surface area contributed by atoms with Crippen LogP contribution in [-0.4, -0.2) is 36.1 Å². The minimum absolute atomic E-state index is 0.474. The van der Waals surface area contributed by atoms with Gasteiger partial charge in [-0.15, -0.1) is 0 Å². The summed E-state index contributed by atoms with van der Waals surface area (Å²) in [5.74, 6) is 0.956. The van der Waals surface area contributed by atoms with Gasteiger partial charge in [0.05, 0.1) is 0 Å². The van der Waals surface area contributed by atoms with E-state index in [0.717, 1.165) is 12.0 Å². The van der Waals surface area contributed by atoms with Gasteiger partial charge in [0.1, 0.15) is 0 Å². The van der Waals surface area contributed by atoms with Crippen molar-refractivity contribution in [1.29, 1.82) is 0 Å². The molecule has 2 saturated heterocycles. The van der Waals surface area contributed by atoms with Crippen LogP contribution in [0.4, 0.5) is 0 Å². The van der Waals surface area contributed by atoms with Crippen molar-refractivity contribution in [3.8, 4) is 0 Å². The second kappa shape index (κ2) is 3.82. The Hall–Kier alpha value is -0.0800. The average Bonchev–Trinajstić information content (AvgIpc) is 2.48. The van der Waals surface area contributed by atoms with Crippen molar-refractivity contribution in [3.63, 3.8) is 0 Å². The first-order valence-electron chi connectivity index (χ1n) is 6.18. The summed E-state index contributed by atoms with van der Waals surface area (Å²) in [6.45, 7) is 10.9. The standard InChI is InChI=1S/C12H24N2/c1-4-6-12(3,5-2)14-9-10-7-13-8-11(10)14/h10-11,13H,4-9H2,1-3H3/t10-,11-,12?/m0/s1. The Kier molecular flexibility index (Phi) is 2.85. The van der Waals surface area contributed by atoms with E-state index in [0.29, 0.717) is 5.54 Å². The van der Waals surface area contributed by atoms with Gasteiger partial charge in [0.2, 0.25) is 0 Å². The number of nitrogens with one attached hydrogen (secondary N) is 1. The Bertz CT molecular complexity index is 204. The van der Waals surface area contributed by atoms with Gasteiger partial charge in [-0.3, -0.25) is 4.90 Å². The molecule has 2 fully saturated rings. The lowest BCUT2D eigenvalue weighted by Gasteiger charge is -2.54. The van der Waals surface area contributed by atoms with Crippen molar-refractivity contribution >= 4 is 0 Å². The minimum atomic E-state index is 0.474. The molecule has 1 N–H and O–H groups in total. The van der Waals surface area contributed by atoms with Crippen LogP contribution in [0.15, 0.2) is 0 Å². The molecule has 2 aliphatic heterocycles. The SMILES string of the molecule is CCCC(C)(CC)N1C[C@@H]2CNC[C@@H]21. The van der Waals surface area contributed by atoms with E-state index >= 15 is 0 Å². The first-order chi connectivity index (χ1) is 6.71. The van der Waals surface area contributed by atoms with E-state index in [-0.39, 0.29) is 0 Å². The van der Waals surface area contributed by atoms with Gasteiger partial charge in [-0.05, 0) is 19.8 Å². The molecule has 2 aliphatic rings. The maximum atomic E-state index is 3.51. The Morgan fingerprint density at radius 3 is 2.71 bits per heavy atom. The molecular weight excluding hydrogens is 172 g/mol. The lowest BCUT2D eigenvalue weighted by Crippen LogP contribution is -2.64. The highest BCUT2D eigenvalue weighted by atomic mass is 15.3.